The third kappa shape index (κ3) is 1.68. The SMILES string of the molecule is CN(C)C(C)(C)C(N)=O. The molecule has 0 aliphatic carbocycles. The second-order valence-electron chi connectivity index (χ2n) is 2.82. The van der Waals surface area contributed by atoms with Crippen LogP contribution in [-0.2, 0) is 4.79 Å². The molecule has 0 aromatic carbocycles. The summed E-state index contributed by atoms with van der Waals surface area (Å²) in [4.78, 5) is 12.4. The third-order valence-electron chi connectivity index (χ3n) is 1.72. The molecule has 0 rings (SSSR count). The van der Waals surface area contributed by atoms with E-state index in [0.29, 0.717) is 0 Å². The van der Waals surface area contributed by atoms with Gasteiger partial charge in [-0.3, -0.25) is 9.69 Å². The van der Waals surface area contributed by atoms with E-state index in [4.69, 9.17) is 5.73 Å². The maximum atomic E-state index is 10.6. The lowest BCUT2D eigenvalue weighted by molar-refractivity contribution is -0.126. The summed E-state index contributed by atoms with van der Waals surface area (Å²) in [5.41, 5.74) is 4.56. The molecule has 0 aromatic rings. The van der Waals surface area contributed by atoms with Crippen molar-refractivity contribution in [3.05, 3.63) is 0 Å². The summed E-state index contributed by atoms with van der Waals surface area (Å²) < 4.78 is 0. The summed E-state index contributed by atoms with van der Waals surface area (Å²) in [6.07, 6.45) is 0. The third-order valence-corrected chi connectivity index (χ3v) is 1.72. The minimum Gasteiger partial charge on any atom is -0.368 e. The van der Waals surface area contributed by atoms with Crippen LogP contribution in [0.25, 0.3) is 0 Å². The number of hydrogen-bond donors (Lipinski definition) is 1. The van der Waals surface area contributed by atoms with Crippen molar-refractivity contribution in [2.75, 3.05) is 14.1 Å². The molecule has 0 saturated heterocycles. The summed E-state index contributed by atoms with van der Waals surface area (Å²) in [7, 11) is 3.65. The number of hydrogen-bond acceptors (Lipinski definition) is 2. The standard InChI is InChI=1S/C6H14N2O/c1-6(2,5(7)9)8(3)4/h1-4H3,(H2,7,9). The fraction of sp³-hybridized carbons (Fsp3) is 0.833. The number of nitrogens with zero attached hydrogens (tertiary/aromatic N) is 1. The van der Waals surface area contributed by atoms with E-state index in [1.807, 2.05) is 14.1 Å². The van der Waals surface area contributed by atoms with Gasteiger partial charge in [0.25, 0.3) is 0 Å². The van der Waals surface area contributed by atoms with Crippen molar-refractivity contribution in [3.8, 4) is 0 Å². The summed E-state index contributed by atoms with van der Waals surface area (Å²) in [5.74, 6) is -0.299. The van der Waals surface area contributed by atoms with E-state index in [0.717, 1.165) is 0 Å². The Morgan fingerprint density at radius 2 is 1.78 bits per heavy atom. The van der Waals surface area contributed by atoms with E-state index in [2.05, 4.69) is 0 Å². The first-order valence-electron chi connectivity index (χ1n) is 2.86. The average Bonchev–Trinajstić information content (AvgIpc) is 1.65. The smallest absolute Gasteiger partial charge is 0.237 e. The highest BCUT2D eigenvalue weighted by atomic mass is 16.1. The molecular weight excluding hydrogens is 116 g/mol. The molecule has 0 bridgehead atoms. The highest BCUT2D eigenvalue weighted by Gasteiger charge is 2.26. The van der Waals surface area contributed by atoms with E-state index >= 15 is 0 Å². The van der Waals surface area contributed by atoms with Crippen molar-refractivity contribution >= 4 is 5.91 Å². The van der Waals surface area contributed by atoms with Gasteiger partial charge in [0.2, 0.25) is 5.91 Å². The molecule has 0 fully saturated rings. The minimum absolute atomic E-state index is 0.299. The quantitative estimate of drug-likeness (QED) is 0.563. The first-order valence-corrected chi connectivity index (χ1v) is 2.86. The molecule has 0 aliphatic heterocycles. The van der Waals surface area contributed by atoms with Crippen molar-refractivity contribution in [1.82, 2.24) is 4.90 Å². The molecule has 54 valence electrons. The number of carbonyl (C=O) groups is 1. The van der Waals surface area contributed by atoms with Gasteiger partial charge in [0.15, 0.2) is 0 Å². The lowest BCUT2D eigenvalue weighted by atomic mass is 10.0. The van der Waals surface area contributed by atoms with Crippen molar-refractivity contribution in [2.24, 2.45) is 5.73 Å². The average molecular weight is 130 g/mol. The topological polar surface area (TPSA) is 46.3 Å². The second kappa shape index (κ2) is 2.35. The lowest BCUT2D eigenvalue weighted by Crippen LogP contribution is -2.49. The number of carbonyl (C=O) groups excluding carboxylic acids is 1. The molecule has 1 amide bonds. The van der Waals surface area contributed by atoms with Crippen LogP contribution in [0.15, 0.2) is 0 Å². The Morgan fingerprint density at radius 3 is 1.78 bits per heavy atom. The molecule has 0 aliphatic rings. The Balaban J connectivity index is 4.19. The number of primary amides is 1. The van der Waals surface area contributed by atoms with Gasteiger partial charge in [0, 0.05) is 0 Å². The van der Waals surface area contributed by atoms with Gasteiger partial charge in [-0.2, -0.15) is 0 Å². The molecule has 3 nitrogen and oxygen atoms in total. The van der Waals surface area contributed by atoms with Crippen molar-refractivity contribution in [2.45, 2.75) is 19.4 Å². The van der Waals surface area contributed by atoms with Crippen LogP contribution in [0.1, 0.15) is 13.8 Å². The van der Waals surface area contributed by atoms with Gasteiger partial charge >= 0.3 is 0 Å². The maximum absolute atomic E-state index is 10.6. The van der Waals surface area contributed by atoms with Gasteiger partial charge in [-0.15, -0.1) is 0 Å². The maximum Gasteiger partial charge on any atom is 0.237 e. The van der Waals surface area contributed by atoms with Crippen LogP contribution in [0, 0.1) is 0 Å². The summed E-state index contributed by atoms with van der Waals surface area (Å²) >= 11 is 0. The number of amides is 1. The zero-order chi connectivity index (χ0) is 7.65. The molecule has 0 aromatic heterocycles. The molecule has 3 heteroatoms. The van der Waals surface area contributed by atoms with E-state index in [9.17, 15) is 4.79 Å². The van der Waals surface area contributed by atoms with Crippen LogP contribution >= 0.6 is 0 Å². The summed E-state index contributed by atoms with van der Waals surface area (Å²) in [5, 5.41) is 0. The summed E-state index contributed by atoms with van der Waals surface area (Å²) in [6, 6.07) is 0. The fourth-order valence-corrected chi connectivity index (χ4v) is 0.220. The predicted octanol–water partition coefficient (Wildman–Crippen LogP) is -0.188. The van der Waals surface area contributed by atoms with Gasteiger partial charge in [-0.25, -0.2) is 0 Å². The molecule has 0 atom stereocenters. The van der Waals surface area contributed by atoms with Gasteiger partial charge < -0.3 is 5.73 Å². The van der Waals surface area contributed by atoms with E-state index in [1.165, 1.54) is 0 Å². The Kier molecular flexibility index (Phi) is 2.20. The monoisotopic (exact) mass is 130 g/mol. The predicted molar refractivity (Wildman–Crippen MR) is 37.0 cm³/mol. The number of likely N-dealkylation sites (N-methyl/N-ethyl adjacent to an activating group) is 1. The lowest BCUT2D eigenvalue weighted by Gasteiger charge is -2.28. The number of nitrogens with two attached hydrogens (primary N) is 1. The van der Waals surface area contributed by atoms with Crippen LogP contribution in [0.2, 0.25) is 0 Å². The van der Waals surface area contributed by atoms with E-state index in [-0.39, 0.29) is 5.91 Å². The Labute approximate surface area is 55.8 Å². The highest BCUT2D eigenvalue weighted by molar-refractivity contribution is 5.83. The highest BCUT2D eigenvalue weighted by Crippen LogP contribution is 2.07. The fourth-order valence-electron chi connectivity index (χ4n) is 0.220. The van der Waals surface area contributed by atoms with Crippen LogP contribution in [0.5, 0.6) is 0 Å². The van der Waals surface area contributed by atoms with Crippen LogP contribution in [0.4, 0.5) is 0 Å². The van der Waals surface area contributed by atoms with Crippen molar-refractivity contribution in [1.29, 1.82) is 0 Å². The molecule has 2 N–H and O–H groups in total. The first kappa shape index (κ1) is 8.43. The molecule has 0 spiro atoms. The second-order valence-corrected chi connectivity index (χ2v) is 2.82. The van der Waals surface area contributed by atoms with Gasteiger partial charge in [0.05, 0.1) is 5.54 Å². The normalized spacial score (nSPS) is 12.1. The molecule has 0 radical (unpaired) electrons. The van der Waals surface area contributed by atoms with Crippen LogP contribution < -0.4 is 5.73 Å². The van der Waals surface area contributed by atoms with Crippen molar-refractivity contribution in [3.63, 3.8) is 0 Å². The Morgan fingerprint density at radius 1 is 1.44 bits per heavy atom. The van der Waals surface area contributed by atoms with Gasteiger partial charge in [-0.05, 0) is 27.9 Å². The molecule has 0 saturated carbocycles. The zero-order valence-electron chi connectivity index (χ0n) is 6.43. The first-order chi connectivity index (χ1) is 3.89. The molecule has 0 unspecified atom stereocenters. The van der Waals surface area contributed by atoms with Crippen LogP contribution in [0.3, 0.4) is 0 Å². The zero-order valence-corrected chi connectivity index (χ0v) is 6.43. The number of rotatable bonds is 2. The van der Waals surface area contributed by atoms with E-state index < -0.39 is 5.54 Å². The van der Waals surface area contributed by atoms with Crippen LogP contribution in [-0.4, -0.2) is 30.4 Å². The Hall–Kier alpha value is -0.570. The van der Waals surface area contributed by atoms with Gasteiger partial charge in [0.1, 0.15) is 0 Å². The van der Waals surface area contributed by atoms with Gasteiger partial charge in [-0.1, -0.05) is 0 Å². The summed E-state index contributed by atoms with van der Waals surface area (Å²) in [6.45, 7) is 3.57. The van der Waals surface area contributed by atoms with Crippen molar-refractivity contribution < 1.29 is 4.79 Å². The molecule has 9 heavy (non-hydrogen) atoms. The Bertz CT molecular complexity index is 118. The largest absolute Gasteiger partial charge is 0.368 e. The minimum atomic E-state index is -0.528. The molecule has 0 heterocycles. The van der Waals surface area contributed by atoms with E-state index in [1.54, 1.807) is 18.7 Å². The molecular formula is C6H14N2O.